The van der Waals surface area contributed by atoms with Crippen LogP contribution in [0.2, 0.25) is 0 Å². The van der Waals surface area contributed by atoms with E-state index in [2.05, 4.69) is 10.6 Å². The second-order valence-corrected chi connectivity index (χ2v) is 9.15. The van der Waals surface area contributed by atoms with Crippen molar-refractivity contribution in [1.82, 2.24) is 4.31 Å². The first-order valence-corrected chi connectivity index (χ1v) is 11.0. The number of nitrogens with zero attached hydrogens (tertiary/aromatic N) is 1. The van der Waals surface area contributed by atoms with Crippen molar-refractivity contribution in [1.29, 1.82) is 0 Å². The van der Waals surface area contributed by atoms with Crippen molar-refractivity contribution in [2.24, 2.45) is 0 Å². The van der Waals surface area contributed by atoms with Crippen LogP contribution < -0.4 is 10.6 Å². The number of morpholine rings is 1. The van der Waals surface area contributed by atoms with Crippen LogP contribution in [-0.2, 0) is 19.6 Å². The van der Waals surface area contributed by atoms with Gasteiger partial charge in [0.15, 0.2) is 0 Å². The van der Waals surface area contributed by atoms with Gasteiger partial charge in [-0.25, -0.2) is 8.42 Å². The maximum atomic E-state index is 12.7. The molecule has 1 amide bonds. The highest BCUT2D eigenvalue weighted by molar-refractivity contribution is 7.89. The maximum absolute atomic E-state index is 12.7. The van der Waals surface area contributed by atoms with E-state index in [-0.39, 0.29) is 10.8 Å². The first-order chi connectivity index (χ1) is 13.8. The first kappa shape index (κ1) is 21.3. The Balaban J connectivity index is 1.64. The van der Waals surface area contributed by atoms with Gasteiger partial charge >= 0.3 is 0 Å². The highest BCUT2D eigenvalue weighted by atomic mass is 32.2. The molecule has 29 heavy (non-hydrogen) atoms. The summed E-state index contributed by atoms with van der Waals surface area (Å²) in [5.74, 6) is -0.199. The van der Waals surface area contributed by atoms with Crippen LogP contribution in [0.3, 0.4) is 0 Å². The molecule has 0 saturated carbocycles. The van der Waals surface area contributed by atoms with E-state index in [1.165, 1.54) is 16.4 Å². The molecule has 1 heterocycles. The molecule has 8 heteroatoms. The number of hydrogen-bond acceptors (Lipinski definition) is 5. The summed E-state index contributed by atoms with van der Waals surface area (Å²) in [5, 5.41) is 6.05. The summed E-state index contributed by atoms with van der Waals surface area (Å²) in [5.41, 5.74) is 3.64. The minimum absolute atomic E-state index is 0.199. The van der Waals surface area contributed by atoms with Crippen LogP contribution in [0.25, 0.3) is 0 Å². The van der Waals surface area contributed by atoms with Crippen molar-refractivity contribution in [2.75, 3.05) is 36.9 Å². The van der Waals surface area contributed by atoms with E-state index in [0.29, 0.717) is 32.0 Å². The summed E-state index contributed by atoms with van der Waals surface area (Å²) < 4.78 is 32.0. The summed E-state index contributed by atoms with van der Waals surface area (Å²) >= 11 is 0. The molecule has 0 aliphatic carbocycles. The van der Waals surface area contributed by atoms with Gasteiger partial charge in [0.2, 0.25) is 15.9 Å². The Morgan fingerprint density at radius 3 is 2.38 bits per heavy atom. The number of rotatable bonds is 6. The Hall–Kier alpha value is -2.42. The number of nitrogens with one attached hydrogen (secondary N) is 2. The number of aryl methyl sites for hydroxylation is 2. The third-order valence-electron chi connectivity index (χ3n) is 4.89. The third-order valence-corrected chi connectivity index (χ3v) is 6.80. The fraction of sp³-hybridized carbons (Fsp3) is 0.381. The zero-order valence-electron chi connectivity index (χ0n) is 16.9. The van der Waals surface area contributed by atoms with Gasteiger partial charge in [0.05, 0.1) is 18.1 Å². The molecule has 1 aliphatic heterocycles. The van der Waals surface area contributed by atoms with Gasteiger partial charge in [-0.3, -0.25) is 4.79 Å². The number of benzene rings is 2. The second-order valence-electron chi connectivity index (χ2n) is 7.21. The zero-order chi connectivity index (χ0) is 21.0. The molecule has 2 aromatic carbocycles. The molecule has 0 unspecified atom stereocenters. The number of carbonyl (C=O) groups is 1. The lowest BCUT2D eigenvalue weighted by Crippen LogP contribution is -2.40. The lowest BCUT2D eigenvalue weighted by atomic mass is 10.1. The van der Waals surface area contributed by atoms with Crippen molar-refractivity contribution in [3.63, 3.8) is 0 Å². The fourth-order valence-electron chi connectivity index (χ4n) is 3.09. The van der Waals surface area contributed by atoms with Crippen LogP contribution in [0, 0.1) is 13.8 Å². The molecular formula is C21H27N3O4S. The Bertz CT molecular complexity index is 968. The highest BCUT2D eigenvalue weighted by Crippen LogP contribution is 2.20. The normalized spacial score (nSPS) is 16.2. The van der Waals surface area contributed by atoms with Crippen LogP contribution in [0.1, 0.15) is 18.1 Å². The number of ether oxygens (including phenoxy) is 1. The van der Waals surface area contributed by atoms with Crippen LogP contribution in [-0.4, -0.2) is 51.0 Å². The van der Waals surface area contributed by atoms with E-state index in [9.17, 15) is 13.2 Å². The average Bonchev–Trinajstić information content (AvgIpc) is 2.71. The largest absolute Gasteiger partial charge is 0.379 e. The van der Waals surface area contributed by atoms with Crippen molar-refractivity contribution in [3.05, 3.63) is 53.6 Å². The van der Waals surface area contributed by atoms with Crippen LogP contribution in [0.15, 0.2) is 47.4 Å². The molecule has 0 aromatic heterocycles. The number of carbonyl (C=O) groups excluding carboxylic acids is 1. The standard InChI is InChI=1S/C21H27N3O4S/c1-15-4-5-16(2)20(14-15)22-17(3)21(25)23-18-6-8-19(9-7-18)29(26,27)24-10-12-28-13-11-24/h4-9,14,17,22H,10-13H2,1-3H3,(H,23,25)/t17-/m1/s1. The fourth-order valence-corrected chi connectivity index (χ4v) is 4.49. The van der Waals surface area contributed by atoms with E-state index in [4.69, 9.17) is 4.74 Å². The van der Waals surface area contributed by atoms with Gasteiger partial charge in [0.1, 0.15) is 6.04 Å². The maximum Gasteiger partial charge on any atom is 0.246 e. The van der Waals surface area contributed by atoms with Gasteiger partial charge in [-0.1, -0.05) is 12.1 Å². The topological polar surface area (TPSA) is 87.7 Å². The molecule has 2 N–H and O–H groups in total. The molecule has 3 rings (SSSR count). The van der Waals surface area contributed by atoms with Gasteiger partial charge in [0, 0.05) is 24.5 Å². The number of anilines is 2. The SMILES string of the molecule is Cc1ccc(C)c(N[C@H](C)C(=O)Nc2ccc(S(=O)(=O)N3CCOCC3)cc2)c1. The number of amides is 1. The summed E-state index contributed by atoms with van der Waals surface area (Å²) in [6.45, 7) is 7.28. The van der Waals surface area contributed by atoms with Gasteiger partial charge in [-0.15, -0.1) is 0 Å². The summed E-state index contributed by atoms with van der Waals surface area (Å²) in [4.78, 5) is 12.7. The van der Waals surface area contributed by atoms with Crippen molar-refractivity contribution in [2.45, 2.75) is 31.7 Å². The minimum Gasteiger partial charge on any atom is -0.379 e. The van der Waals surface area contributed by atoms with Crippen LogP contribution in [0.4, 0.5) is 11.4 Å². The van der Waals surface area contributed by atoms with Gasteiger partial charge in [-0.05, 0) is 62.2 Å². The third kappa shape index (κ3) is 5.14. The Labute approximate surface area is 172 Å². The van der Waals surface area contributed by atoms with Gasteiger partial charge in [0.25, 0.3) is 0 Å². The Kier molecular flexibility index (Phi) is 6.56. The second kappa shape index (κ2) is 8.94. The Morgan fingerprint density at radius 2 is 1.72 bits per heavy atom. The molecule has 0 radical (unpaired) electrons. The Morgan fingerprint density at radius 1 is 1.07 bits per heavy atom. The molecule has 156 valence electrons. The van der Waals surface area contributed by atoms with E-state index >= 15 is 0 Å². The van der Waals surface area contributed by atoms with Crippen molar-refractivity contribution >= 4 is 27.3 Å². The van der Waals surface area contributed by atoms with Gasteiger partial charge in [-0.2, -0.15) is 4.31 Å². The predicted molar refractivity (Wildman–Crippen MR) is 114 cm³/mol. The molecule has 0 bridgehead atoms. The quantitative estimate of drug-likeness (QED) is 0.755. The first-order valence-electron chi connectivity index (χ1n) is 9.60. The van der Waals surface area contributed by atoms with E-state index in [1.54, 1.807) is 19.1 Å². The van der Waals surface area contributed by atoms with Crippen molar-refractivity contribution in [3.8, 4) is 0 Å². The zero-order valence-corrected chi connectivity index (χ0v) is 17.8. The van der Waals surface area contributed by atoms with Gasteiger partial charge < -0.3 is 15.4 Å². The molecule has 1 atom stereocenters. The average molecular weight is 418 g/mol. The highest BCUT2D eigenvalue weighted by Gasteiger charge is 2.26. The lowest BCUT2D eigenvalue weighted by Gasteiger charge is -2.26. The molecule has 1 aliphatic rings. The van der Waals surface area contributed by atoms with E-state index < -0.39 is 16.1 Å². The number of sulfonamides is 1. The predicted octanol–water partition coefficient (Wildman–Crippen LogP) is 2.76. The van der Waals surface area contributed by atoms with E-state index in [1.807, 2.05) is 32.0 Å². The number of hydrogen-bond donors (Lipinski definition) is 2. The molecule has 1 fully saturated rings. The summed E-state index contributed by atoms with van der Waals surface area (Å²) in [7, 11) is -3.54. The van der Waals surface area contributed by atoms with Crippen LogP contribution in [0.5, 0.6) is 0 Å². The van der Waals surface area contributed by atoms with Crippen LogP contribution >= 0.6 is 0 Å². The molecule has 0 spiro atoms. The monoisotopic (exact) mass is 417 g/mol. The lowest BCUT2D eigenvalue weighted by molar-refractivity contribution is -0.116. The molecule has 1 saturated heterocycles. The minimum atomic E-state index is -3.54. The molecule has 2 aromatic rings. The molecule has 7 nitrogen and oxygen atoms in total. The molecular weight excluding hydrogens is 390 g/mol. The summed E-state index contributed by atoms with van der Waals surface area (Å²) in [6, 6.07) is 11.8. The smallest absolute Gasteiger partial charge is 0.246 e. The summed E-state index contributed by atoms with van der Waals surface area (Å²) in [6.07, 6.45) is 0. The van der Waals surface area contributed by atoms with Crippen molar-refractivity contribution < 1.29 is 17.9 Å². The van der Waals surface area contributed by atoms with E-state index in [0.717, 1.165) is 16.8 Å².